The van der Waals surface area contributed by atoms with Gasteiger partial charge in [0.05, 0.1) is 31.0 Å². The van der Waals surface area contributed by atoms with E-state index in [0.29, 0.717) is 5.56 Å². The van der Waals surface area contributed by atoms with Crippen molar-refractivity contribution in [2.24, 2.45) is 0 Å². The summed E-state index contributed by atoms with van der Waals surface area (Å²) in [4.78, 5) is 36.0. The fourth-order valence-corrected chi connectivity index (χ4v) is 4.07. The van der Waals surface area contributed by atoms with Crippen LogP contribution in [0.1, 0.15) is 43.4 Å². The highest BCUT2D eigenvalue weighted by molar-refractivity contribution is 5.89. The minimum absolute atomic E-state index is 0.0922. The van der Waals surface area contributed by atoms with Gasteiger partial charge in [0.1, 0.15) is 0 Å². The topological polar surface area (TPSA) is 95.7 Å². The largest absolute Gasteiger partial charge is 0.466 e. The minimum atomic E-state index is -1.08. The second kappa shape index (κ2) is 8.03. The molecule has 0 saturated carbocycles. The molecule has 0 unspecified atom stereocenters. The molecular formula is C22H23NO6. The van der Waals surface area contributed by atoms with Crippen molar-refractivity contribution in [3.05, 3.63) is 63.2 Å². The Bertz CT molecular complexity index is 961. The summed E-state index contributed by atoms with van der Waals surface area (Å²) in [6.45, 7) is 5.75. The van der Waals surface area contributed by atoms with Crippen LogP contribution < -0.4 is 0 Å². The zero-order valence-electron chi connectivity index (χ0n) is 16.7. The summed E-state index contributed by atoms with van der Waals surface area (Å²) in [7, 11) is 0. The van der Waals surface area contributed by atoms with Crippen LogP contribution in [0.4, 0.5) is 5.69 Å². The number of nitrogens with zero attached hydrogens (tertiary/aromatic N) is 1. The van der Waals surface area contributed by atoms with Crippen LogP contribution in [0.25, 0.3) is 11.1 Å². The number of nitro benzene ring substituents is 1. The zero-order chi connectivity index (χ0) is 21.2. The smallest absolute Gasteiger partial charge is 0.307 e. The van der Waals surface area contributed by atoms with Gasteiger partial charge in [-0.25, -0.2) is 0 Å². The van der Waals surface area contributed by atoms with Crippen LogP contribution in [0.15, 0.2) is 36.4 Å². The standard InChI is InChI=1S/C22H23NO6/c1-4-28-20(24)12-22(13-21(25)29-5-2)18-10-14(3)6-8-16(18)17-9-7-15(23(26)27)11-19(17)22/h6-11H,4-5,12-13H2,1-3H3. The Morgan fingerprint density at radius 3 is 1.97 bits per heavy atom. The lowest BCUT2D eigenvalue weighted by Gasteiger charge is -2.30. The van der Waals surface area contributed by atoms with Crippen LogP contribution in [0.3, 0.4) is 0 Å². The zero-order valence-corrected chi connectivity index (χ0v) is 16.7. The predicted octanol–water partition coefficient (Wildman–Crippen LogP) is 4.08. The molecule has 152 valence electrons. The number of fused-ring (bicyclic) bond motifs is 3. The van der Waals surface area contributed by atoms with Crippen molar-refractivity contribution in [1.29, 1.82) is 0 Å². The van der Waals surface area contributed by atoms with Gasteiger partial charge in [-0.3, -0.25) is 19.7 Å². The van der Waals surface area contributed by atoms with Crippen LogP contribution >= 0.6 is 0 Å². The Balaban J connectivity index is 2.27. The number of hydrogen-bond acceptors (Lipinski definition) is 6. The Labute approximate surface area is 168 Å². The second-order valence-electron chi connectivity index (χ2n) is 7.08. The molecular weight excluding hydrogens is 374 g/mol. The summed E-state index contributed by atoms with van der Waals surface area (Å²) < 4.78 is 10.4. The SMILES string of the molecule is CCOC(=O)CC1(CC(=O)OCC)c2cc(C)ccc2-c2ccc([N+](=O)[O-])cc21. The fraction of sp³-hybridized carbons (Fsp3) is 0.364. The van der Waals surface area contributed by atoms with Gasteiger partial charge >= 0.3 is 11.9 Å². The van der Waals surface area contributed by atoms with E-state index in [1.54, 1.807) is 19.9 Å². The average molecular weight is 397 g/mol. The first-order valence-electron chi connectivity index (χ1n) is 9.54. The Hall–Kier alpha value is -3.22. The van der Waals surface area contributed by atoms with Gasteiger partial charge in [0.2, 0.25) is 0 Å². The second-order valence-corrected chi connectivity index (χ2v) is 7.08. The van der Waals surface area contributed by atoms with Crippen LogP contribution in [0.5, 0.6) is 0 Å². The molecule has 0 amide bonds. The van der Waals surface area contributed by atoms with Crippen molar-refractivity contribution in [3.63, 3.8) is 0 Å². The average Bonchev–Trinajstić information content (AvgIpc) is 2.91. The summed E-state index contributed by atoms with van der Waals surface area (Å²) in [6.07, 6.45) is -0.214. The molecule has 0 heterocycles. The molecule has 0 spiro atoms. The molecule has 0 radical (unpaired) electrons. The number of benzene rings is 2. The highest BCUT2D eigenvalue weighted by atomic mass is 16.6. The molecule has 29 heavy (non-hydrogen) atoms. The summed E-state index contributed by atoms with van der Waals surface area (Å²) in [5.41, 5.74) is 2.78. The lowest BCUT2D eigenvalue weighted by Crippen LogP contribution is -2.33. The van der Waals surface area contributed by atoms with Crippen molar-refractivity contribution in [3.8, 4) is 11.1 Å². The minimum Gasteiger partial charge on any atom is -0.466 e. The normalized spacial score (nSPS) is 13.3. The van der Waals surface area contributed by atoms with Crippen LogP contribution in [-0.4, -0.2) is 30.1 Å². The number of nitro groups is 1. The van der Waals surface area contributed by atoms with Gasteiger partial charge in [0.15, 0.2) is 0 Å². The Morgan fingerprint density at radius 1 is 0.931 bits per heavy atom. The molecule has 2 aromatic carbocycles. The molecule has 0 aliphatic heterocycles. The highest BCUT2D eigenvalue weighted by Crippen LogP contribution is 2.54. The quantitative estimate of drug-likeness (QED) is 0.397. The number of aryl methyl sites for hydroxylation is 1. The van der Waals surface area contributed by atoms with E-state index in [2.05, 4.69) is 0 Å². The Morgan fingerprint density at radius 2 is 1.45 bits per heavy atom. The first-order valence-corrected chi connectivity index (χ1v) is 9.54. The van der Waals surface area contributed by atoms with Gasteiger partial charge in [-0.1, -0.05) is 23.8 Å². The number of rotatable bonds is 7. The highest BCUT2D eigenvalue weighted by Gasteiger charge is 2.47. The predicted molar refractivity (Wildman–Crippen MR) is 107 cm³/mol. The van der Waals surface area contributed by atoms with E-state index < -0.39 is 22.3 Å². The van der Waals surface area contributed by atoms with E-state index >= 15 is 0 Å². The van der Waals surface area contributed by atoms with Crippen molar-refractivity contribution in [2.75, 3.05) is 13.2 Å². The maximum absolute atomic E-state index is 12.6. The summed E-state index contributed by atoms with van der Waals surface area (Å²) in [5, 5.41) is 11.4. The molecule has 0 N–H and O–H groups in total. The lowest BCUT2D eigenvalue weighted by molar-refractivity contribution is -0.384. The van der Waals surface area contributed by atoms with Crippen LogP contribution in [-0.2, 0) is 24.5 Å². The molecule has 1 aliphatic carbocycles. The molecule has 2 aromatic rings. The molecule has 0 atom stereocenters. The van der Waals surface area contributed by atoms with Crippen molar-refractivity contribution < 1.29 is 24.0 Å². The fourth-order valence-electron chi connectivity index (χ4n) is 4.07. The van der Waals surface area contributed by atoms with E-state index in [0.717, 1.165) is 22.3 Å². The van der Waals surface area contributed by atoms with Gasteiger partial charge < -0.3 is 9.47 Å². The van der Waals surface area contributed by atoms with Crippen molar-refractivity contribution in [1.82, 2.24) is 0 Å². The maximum Gasteiger partial charge on any atom is 0.307 e. The van der Waals surface area contributed by atoms with E-state index in [9.17, 15) is 19.7 Å². The van der Waals surface area contributed by atoms with E-state index in [-0.39, 0.29) is 31.7 Å². The molecule has 7 heteroatoms. The summed E-state index contributed by atoms with van der Waals surface area (Å²) in [6, 6.07) is 10.4. The van der Waals surface area contributed by atoms with Crippen molar-refractivity contribution >= 4 is 17.6 Å². The maximum atomic E-state index is 12.6. The number of non-ortho nitro benzene ring substituents is 1. The summed E-state index contributed by atoms with van der Waals surface area (Å²) >= 11 is 0. The molecule has 1 aliphatic rings. The molecule has 3 rings (SSSR count). The third-order valence-electron chi connectivity index (χ3n) is 5.21. The van der Waals surface area contributed by atoms with Gasteiger partial charge in [0, 0.05) is 17.5 Å². The number of esters is 2. The molecule has 0 fully saturated rings. The van der Waals surface area contributed by atoms with E-state index in [4.69, 9.17) is 9.47 Å². The van der Waals surface area contributed by atoms with Gasteiger partial charge in [-0.2, -0.15) is 0 Å². The molecule has 0 aromatic heterocycles. The third-order valence-corrected chi connectivity index (χ3v) is 5.21. The Kier molecular flexibility index (Phi) is 5.68. The van der Waals surface area contributed by atoms with Crippen molar-refractivity contribution in [2.45, 2.75) is 39.0 Å². The number of ether oxygens (including phenoxy) is 2. The van der Waals surface area contributed by atoms with E-state index in [1.807, 2.05) is 25.1 Å². The molecule has 7 nitrogen and oxygen atoms in total. The molecule has 0 saturated heterocycles. The van der Waals surface area contributed by atoms with E-state index in [1.165, 1.54) is 12.1 Å². The lowest BCUT2D eigenvalue weighted by atomic mass is 9.72. The number of carbonyl (C=O) groups excluding carboxylic acids is 2. The first-order chi connectivity index (χ1) is 13.8. The van der Waals surface area contributed by atoms with Gasteiger partial charge in [-0.15, -0.1) is 0 Å². The van der Waals surface area contributed by atoms with Crippen LogP contribution in [0, 0.1) is 17.0 Å². The monoisotopic (exact) mass is 397 g/mol. The van der Waals surface area contributed by atoms with Crippen LogP contribution in [0.2, 0.25) is 0 Å². The third kappa shape index (κ3) is 3.72. The number of hydrogen-bond donors (Lipinski definition) is 0. The van der Waals surface area contributed by atoms with Gasteiger partial charge in [-0.05, 0) is 49.1 Å². The summed E-state index contributed by atoms with van der Waals surface area (Å²) in [5.74, 6) is -0.938. The number of carbonyl (C=O) groups is 2. The molecule has 0 bridgehead atoms. The van der Waals surface area contributed by atoms with Gasteiger partial charge in [0.25, 0.3) is 5.69 Å². The first kappa shape index (κ1) is 20.5.